The van der Waals surface area contributed by atoms with Crippen molar-refractivity contribution in [2.75, 3.05) is 18.5 Å². The maximum Gasteiger partial charge on any atom is 0.411 e. The molecule has 1 aromatic carbocycles. The summed E-state index contributed by atoms with van der Waals surface area (Å²) in [6.45, 7) is 3.27. The fraction of sp³-hybridized carbons (Fsp3) is 0.500. The number of carbonyl (C=O) groups is 2. The molecule has 5 nitrogen and oxygen atoms in total. The SMILES string of the molecule is CCCCCCOC(=O)Nc1ccccc1CCOC=O. The van der Waals surface area contributed by atoms with Crippen LogP contribution in [0.2, 0.25) is 0 Å². The van der Waals surface area contributed by atoms with Crippen LogP contribution < -0.4 is 5.32 Å². The number of unbranched alkanes of at least 4 members (excludes halogenated alkanes) is 3. The van der Waals surface area contributed by atoms with E-state index in [1.54, 1.807) is 6.07 Å². The molecule has 0 heterocycles. The molecular weight excluding hydrogens is 270 g/mol. The molecular formula is C16H23NO4. The van der Waals surface area contributed by atoms with Gasteiger partial charge in [-0.1, -0.05) is 44.4 Å². The summed E-state index contributed by atoms with van der Waals surface area (Å²) in [5, 5.41) is 2.72. The molecule has 1 N–H and O–H groups in total. The molecule has 0 fully saturated rings. The van der Waals surface area contributed by atoms with Gasteiger partial charge in [0.25, 0.3) is 6.47 Å². The lowest BCUT2D eigenvalue weighted by molar-refractivity contribution is -0.128. The van der Waals surface area contributed by atoms with Crippen LogP contribution in [0.4, 0.5) is 10.5 Å². The standard InChI is InChI=1S/C16H23NO4/c1-2-3-4-7-11-21-16(19)17-15-9-6-5-8-14(15)10-12-20-13-18/h5-6,8-9,13H,2-4,7,10-12H2,1H3,(H,17,19). The van der Waals surface area contributed by atoms with Crippen LogP contribution >= 0.6 is 0 Å². The summed E-state index contributed by atoms with van der Waals surface area (Å²) in [6.07, 6.45) is 4.37. The van der Waals surface area contributed by atoms with Gasteiger partial charge in [-0.2, -0.15) is 0 Å². The van der Waals surface area contributed by atoms with Gasteiger partial charge in [0.15, 0.2) is 0 Å². The molecule has 0 aromatic heterocycles. The zero-order valence-corrected chi connectivity index (χ0v) is 12.5. The zero-order chi connectivity index (χ0) is 15.3. The van der Waals surface area contributed by atoms with E-state index in [1.807, 2.05) is 18.2 Å². The Hall–Kier alpha value is -2.04. The molecule has 0 bridgehead atoms. The van der Waals surface area contributed by atoms with Crippen LogP contribution in [0.15, 0.2) is 24.3 Å². The number of carbonyl (C=O) groups excluding carboxylic acids is 2. The van der Waals surface area contributed by atoms with E-state index in [-0.39, 0.29) is 6.61 Å². The number of hydrogen-bond donors (Lipinski definition) is 1. The zero-order valence-electron chi connectivity index (χ0n) is 12.5. The lowest BCUT2D eigenvalue weighted by Crippen LogP contribution is -2.16. The van der Waals surface area contributed by atoms with Crippen LogP contribution in [0, 0.1) is 0 Å². The smallest absolute Gasteiger partial charge is 0.411 e. The second-order valence-corrected chi connectivity index (χ2v) is 4.70. The van der Waals surface area contributed by atoms with Gasteiger partial charge < -0.3 is 9.47 Å². The van der Waals surface area contributed by atoms with E-state index in [9.17, 15) is 9.59 Å². The highest BCUT2D eigenvalue weighted by Gasteiger charge is 2.07. The van der Waals surface area contributed by atoms with Gasteiger partial charge in [-0.25, -0.2) is 4.79 Å². The Morgan fingerprint density at radius 3 is 2.76 bits per heavy atom. The first kappa shape index (κ1) is 17.0. The van der Waals surface area contributed by atoms with E-state index in [0.717, 1.165) is 31.2 Å². The van der Waals surface area contributed by atoms with Crippen molar-refractivity contribution in [3.63, 3.8) is 0 Å². The molecule has 116 valence electrons. The molecule has 21 heavy (non-hydrogen) atoms. The minimum absolute atomic E-state index is 0.286. The number of amides is 1. The molecule has 1 amide bonds. The molecule has 1 aromatic rings. The molecule has 0 radical (unpaired) electrons. The van der Waals surface area contributed by atoms with Crippen molar-refractivity contribution in [3.05, 3.63) is 29.8 Å². The minimum atomic E-state index is -0.449. The Kier molecular flexibility index (Phi) is 8.68. The van der Waals surface area contributed by atoms with Gasteiger partial charge >= 0.3 is 6.09 Å². The van der Waals surface area contributed by atoms with Crippen molar-refractivity contribution in [2.45, 2.75) is 39.0 Å². The average molecular weight is 293 g/mol. The molecule has 0 unspecified atom stereocenters. The predicted molar refractivity (Wildman–Crippen MR) is 81.3 cm³/mol. The Balaban J connectivity index is 2.38. The van der Waals surface area contributed by atoms with Crippen molar-refractivity contribution in [1.29, 1.82) is 0 Å². The molecule has 0 saturated carbocycles. The first-order chi connectivity index (χ1) is 10.3. The summed E-state index contributed by atoms with van der Waals surface area (Å²) in [5.41, 5.74) is 1.59. The van der Waals surface area contributed by atoms with Crippen molar-refractivity contribution in [1.82, 2.24) is 0 Å². The number of nitrogens with one attached hydrogen (secondary N) is 1. The van der Waals surface area contributed by atoms with Crippen LogP contribution in [0.25, 0.3) is 0 Å². The van der Waals surface area contributed by atoms with Crippen molar-refractivity contribution in [2.24, 2.45) is 0 Å². The monoisotopic (exact) mass is 293 g/mol. The molecule has 0 atom stereocenters. The van der Waals surface area contributed by atoms with Gasteiger partial charge in [0.2, 0.25) is 0 Å². The number of hydrogen-bond acceptors (Lipinski definition) is 4. The molecule has 0 spiro atoms. The van der Waals surface area contributed by atoms with Crippen LogP contribution in [0.3, 0.4) is 0 Å². The fourth-order valence-electron chi connectivity index (χ4n) is 1.92. The highest BCUT2D eigenvalue weighted by molar-refractivity contribution is 5.85. The average Bonchev–Trinajstić information content (AvgIpc) is 2.49. The lowest BCUT2D eigenvalue weighted by Gasteiger charge is -2.11. The minimum Gasteiger partial charge on any atom is -0.468 e. The Bertz CT molecular complexity index is 434. The molecule has 0 aliphatic rings. The second kappa shape index (κ2) is 10.7. The molecule has 1 rings (SSSR count). The largest absolute Gasteiger partial charge is 0.468 e. The van der Waals surface area contributed by atoms with Gasteiger partial charge in [-0.15, -0.1) is 0 Å². The summed E-state index contributed by atoms with van der Waals surface area (Å²) in [5.74, 6) is 0. The molecule has 5 heteroatoms. The summed E-state index contributed by atoms with van der Waals surface area (Å²) >= 11 is 0. The van der Waals surface area contributed by atoms with Gasteiger partial charge in [-0.05, 0) is 18.1 Å². The molecule has 0 aliphatic heterocycles. The third kappa shape index (κ3) is 7.34. The topological polar surface area (TPSA) is 64.6 Å². The van der Waals surface area contributed by atoms with Crippen LogP contribution in [0.5, 0.6) is 0 Å². The maximum absolute atomic E-state index is 11.7. The summed E-state index contributed by atoms with van der Waals surface area (Å²) in [7, 11) is 0. The van der Waals surface area contributed by atoms with Crippen LogP contribution in [-0.2, 0) is 20.7 Å². The van der Waals surface area contributed by atoms with E-state index in [1.165, 1.54) is 0 Å². The highest BCUT2D eigenvalue weighted by Crippen LogP contribution is 2.16. The Labute approximate surface area is 125 Å². The summed E-state index contributed by atoms with van der Waals surface area (Å²) < 4.78 is 9.81. The Morgan fingerprint density at radius 2 is 2.00 bits per heavy atom. The van der Waals surface area contributed by atoms with E-state index in [2.05, 4.69) is 17.0 Å². The highest BCUT2D eigenvalue weighted by atomic mass is 16.5. The third-order valence-corrected chi connectivity index (χ3v) is 3.04. The van der Waals surface area contributed by atoms with E-state index in [0.29, 0.717) is 25.2 Å². The lowest BCUT2D eigenvalue weighted by atomic mass is 10.1. The van der Waals surface area contributed by atoms with Crippen molar-refractivity contribution < 1.29 is 19.1 Å². The number of anilines is 1. The summed E-state index contributed by atoms with van der Waals surface area (Å²) in [6, 6.07) is 7.39. The van der Waals surface area contributed by atoms with Gasteiger partial charge in [0, 0.05) is 12.1 Å². The van der Waals surface area contributed by atoms with E-state index < -0.39 is 6.09 Å². The fourth-order valence-corrected chi connectivity index (χ4v) is 1.92. The number of para-hydroxylation sites is 1. The van der Waals surface area contributed by atoms with Crippen molar-refractivity contribution >= 4 is 18.3 Å². The first-order valence-electron chi connectivity index (χ1n) is 7.35. The first-order valence-corrected chi connectivity index (χ1v) is 7.35. The normalized spacial score (nSPS) is 9.95. The van der Waals surface area contributed by atoms with Crippen LogP contribution in [-0.4, -0.2) is 25.8 Å². The van der Waals surface area contributed by atoms with Crippen LogP contribution in [0.1, 0.15) is 38.2 Å². The van der Waals surface area contributed by atoms with E-state index >= 15 is 0 Å². The number of rotatable bonds is 10. The summed E-state index contributed by atoms with van der Waals surface area (Å²) in [4.78, 5) is 21.8. The molecule has 0 saturated heterocycles. The molecule has 0 aliphatic carbocycles. The number of ether oxygens (including phenoxy) is 2. The third-order valence-electron chi connectivity index (χ3n) is 3.04. The predicted octanol–water partition coefficient (Wildman–Crippen LogP) is 3.53. The Morgan fingerprint density at radius 1 is 1.19 bits per heavy atom. The van der Waals surface area contributed by atoms with Gasteiger partial charge in [0.05, 0.1) is 13.2 Å². The second-order valence-electron chi connectivity index (χ2n) is 4.70. The number of benzene rings is 1. The van der Waals surface area contributed by atoms with Gasteiger partial charge in [0.1, 0.15) is 0 Å². The quantitative estimate of drug-likeness (QED) is 0.529. The van der Waals surface area contributed by atoms with Crippen molar-refractivity contribution in [3.8, 4) is 0 Å². The van der Waals surface area contributed by atoms with E-state index in [4.69, 9.17) is 4.74 Å². The maximum atomic E-state index is 11.7. The van der Waals surface area contributed by atoms with Gasteiger partial charge in [-0.3, -0.25) is 10.1 Å².